The highest BCUT2D eigenvalue weighted by atomic mass is 32.1. The molecule has 3 atom stereocenters. The number of fused-ring (bicyclic) bond motifs is 4. The van der Waals surface area contributed by atoms with Crippen molar-refractivity contribution in [3.8, 4) is 16.9 Å². The second kappa shape index (κ2) is 19.9. The summed E-state index contributed by atoms with van der Waals surface area (Å²) in [5.74, 6) is 0.172. The molecule has 5 aliphatic rings. The maximum atomic E-state index is 13.7. The Labute approximate surface area is 432 Å². The van der Waals surface area contributed by atoms with E-state index in [2.05, 4.69) is 43.6 Å². The fraction of sp³-hybridized carbons (Fsp3) is 0.386. The minimum atomic E-state index is -1.11. The Morgan fingerprint density at radius 2 is 1.64 bits per heavy atom. The third kappa shape index (κ3) is 9.36. The summed E-state index contributed by atoms with van der Waals surface area (Å²) in [6, 6.07) is 29.5. The lowest BCUT2D eigenvalue weighted by Crippen LogP contribution is -2.47. The fourth-order valence-electron chi connectivity index (χ4n) is 12.3. The number of nitrogens with zero attached hydrogens (tertiary/aromatic N) is 7. The number of benzene rings is 4. The predicted octanol–water partition coefficient (Wildman–Crippen LogP) is 8.36. The van der Waals surface area contributed by atoms with Crippen LogP contribution in [0, 0.1) is 18.8 Å². The largest absolute Gasteiger partial charge is 0.490 e. The number of rotatable bonds is 13. The quantitative estimate of drug-likeness (QED) is 0.0938. The Morgan fingerprint density at radius 3 is 2.43 bits per heavy atom. The maximum Gasteiger partial charge on any atom is 0.355 e. The number of piperidine rings is 1. The Morgan fingerprint density at radius 1 is 0.838 bits per heavy atom. The second-order valence-electron chi connectivity index (χ2n) is 20.6. The van der Waals surface area contributed by atoms with Crippen molar-refractivity contribution in [3.63, 3.8) is 0 Å². The van der Waals surface area contributed by atoms with Crippen molar-refractivity contribution in [1.82, 2.24) is 30.0 Å². The Hall–Kier alpha value is -7.21. The summed E-state index contributed by atoms with van der Waals surface area (Å²) >= 11 is 1.44. The average Bonchev–Trinajstić information content (AvgIpc) is 4.18. The highest BCUT2D eigenvalue weighted by Crippen LogP contribution is 2.47. The Kier molecular flexibility index (Phi) is 12.9. The molecule has 16 nitrogen and oxygen atoms in total. The SMILES string of the molecule is Cc1c(OC2CC3CC(OCCN4CCN(c5ccc6c(C7CCC(=O)NC7=O)nn(C)c6c5)CC4)CC3C2)cccc1-c1ccc(N2CCc3cccc(C(=O)Nc4nc5ccccc5s4)c3C2)nc1C(=O)O. The monoisotopic (exact) mass is 1010 g/mol. The van der Waals surface area contributed by atoms with Crippen LogP contribution < -0.4 is 25.2 Å². The highest BCUT2D eigenvalue weighted by molar-refractivity contribution is 7.22. The molecule has 3 N–H and O–H groups in total. The summed E-state index contributed by atoms with van der Waals surface area (Å²) in [5.41, 5.74) is 8.42. The van der Waals surface area contributed by atoms with Gasteiger partial charge < -0.3 is 24.4 Å². The van der Waals surface area contributed by atoms with Crippen molar-refractivity contribution < 1.29 is 33.8 Å². The number of pyridine rings is 1. The number of anilines is 3. The van der Waals surface area contributed by atoms with Gasteiger partial charge in [0, 0.05) is 81.5 Å². The molecule has 0 bridgehead atoms. The van der Waals surface area contributed by atoms with E-state index in [0.717, 1.165) is 119 Å². The summed E-state index contributed by atoms with van der Waals surface area (Å²) in [7, 11) is 1.91. The van der Waals surface area contributed by atoms with Crippen LogP contribution in [0.1, 0.15) is 87.7 Å². The van der Waals surface area contributed by atoms with Crippen LogP contribution in [0.4, 0.5) is 16.6 Å². The number of carboxylic acids is 1. The number of para-hydroxylation sites is 1. The molecule has 0 spiro atoms. The maximum absolute atomic E-state index is 13.7. The first-order valence-electron chi connectivity index (χ1n) is 25.9. The number of aromatic nitrogens is 4. The van der Waals surface area contributed by atoms with E-state index in [1.807, 2.05) is 96.3 Å². The van der Waals surface area contributed by atoms with E-state index in [9.17, 15) is 24.3 Å². The molecule has 3 amide bonds. The zero-order chi connectivity index (χ0) is 50.6. The lowest BCUT2D eigenvalue weighted by molar-refractivity contribution is -0.134. The van der Waals surface area contributed by atoms with E-state index in [0.29, 0.717) is 72.9 Å². The van der Waals surface area contributed by atoms with E-state index in [1.165, 1.54) is 11.3 Å². The van der Waals surface area contributed by atoms with Crippen LogP contribution in [0.15, 0.2) is 91.0 Å². The number of hydrogen-bond donors (Lipinski definition) is 3. The zero-order valence-corrected chi connectivity index (χ0v) is 42.4. The van der Waals surface area contributed by atoms with Crippen LogP contribution in [0.25, 0.3) is 32.2 Å². The zero-order valence-electron chi connectivity index (χ0n) is 41.6. The molecular formula is C57H59N9O7S. The Balaban J connectivity index is 0.625. The lowest BCUT2D eigenvalue weighted by atomic mass is 9.93. The molecule has 17 heteroatoms. The van der Waals surface area contributed by atoms with Gasteiger partial charge in [-0.1, -0.05) is 47.7 Å². The summed E-state index contributed by atoms with van der Waals surface area (Å²) in [6.45, 7) is 8.39. The number of hydrogen-bond acceptors (Lipinski definition) is 13. The molecule has 0 radical (unpaired) electrons. The number of carbonyl (C=O) groups excluding carboxylic acids is 3. The fourth-order valence-corrected chi connectivity index (χ4v) is 13.2. The lowest BCUT2D eigenvalue weighted by Gasteiger charge is -2.36. The molecule has 2 saturated heterocycles. The van der Waals surface area contributed by atoms with Crippen LogP contribution in [0.5, 0.6) is 5.75 Å². The number of carbonyl (C=O) groups is 4. The van der Waals surface area contributed by atoms with Gasteiger partial charge in [-0.3, -0.25) is 34.6 Å². The van der Waals surface area contributed by atoms with Crippen molar-refractivity contribution in [1.29, 1.82) is 0 Å². The van der Waals surface area contributed by atoms with Crippen LogP contribution in [0.3, 0.4) is 0 Å². The molecular weight excluding hydrogens is 955 g/mol. The van der Waals surface area contributed by atoms with Gasteiger partial charge in [0.05, 0.1) is 46.2 Å². The minimum Gasteiger partial charge on any atom is -0.490 e. The minimum absolute atomic E-state index is 0.0253. The third-order valence-electron chi connectivity index (χ3n) is 16.2. The third-order valence-corrected chi connectivity index (χ3v) is 17.1. The van der Waals surface area contributed by atoms with E-state index in [-0.39, 0.29) is 35.6 Å². The predicted molar refractivity (Wildman–Crippen MR) is 284 cm³/mol. The van der Waals surface area contributed by atoms with Gasteiger partial charge in [0.25, 0.3) is 5.91 Å². The number of carboxylic acid groups (broad SMARTS) is 1. The molecule has 4 aromatic carbocycles. The first-order chi connectivity index (χ1) is 36.0. The number of aryl methyl sites for hydroxylation is 1. The molecule has 3 aliphatic heterocycles. The molecule has 4 fully saturated rings. The van der Waals surface area contributed by atoms with Gasteiger partial charge in [0.1, 0.15) is 11.6 Å². The first-order valence-corrected chi connectivity index (χ1v) is 26.7. The summed E-state index contributed by atoms with van der Waals surface area (Å²) < 4.78 is 16.1. The van der Waals surface area contributed by atoms with Gasteiger partial charge in [-0.2, -0.15) is 5.10 Å². The number of nitrogens with one attached hydrogen (secondary N) is 2. The van der Waals surface area contributed by atoms with Gasteiger partial charge in [0.2, 0.25) is 11.8 Å². The van der Waals surface area contributed by atoms with Crippen LogP contribution in [-0.2, 0) is 34.3 Å². The number of amides is 3. The van der Waals surface area contributed by atoms with E-state index in [1.54, 1.807) is 0 Å². The highest BCUT2D eigenvalue weighted by Gasteiger charge is 2.43. The second-order valence-corrected chi connectivity index (χ2v) is 21.6. The van der Waals surface area contributed by atoms with Crippen molar-refractivity contribution in [2.75, 3.05) is 61.0 Å². The molecule has 3 unspecified atom stereocenters. The molecule has 7 aromatic rings. The number of thiazole rings is 1. The average molecular weight is 1010 g/mol. The van der Waals surface area contributed by atoms with Crippen LogP contribution in [0.2, 0.25) is 0 Å². The summed E-state index contributed by atoms with van der Waals surface area (Å²) in [4.78, 5) is 67.2. The Bertz CT molecular complexity index is 3300. The number of imide groups is 1. The van der Waals surface area contributed by atoms with Gasteiger partial charge in [0.15, 0.2) is 10.8 Å². The normalized spacial score (nSPS) is 22.0. The topological polar surface area (TPSA) is 184 Å². The van der Waals surface area contributed by atoms with E-state index in [4.69, 9.17) is 19.6 Å². The number of aromatic carboxylic acids is 1. The van der Waals surface area contributed by atoms with Crippen molar-refractivity contribution in [3.05, 3.63) is 125 Å². The molecule has 12 rings (SSSR count). The standard InChI is InChI=1S/C57H59N9O7S/c1-33-40(41-15-17-50(59-53(41)56(70)71)66-20-19-34-7-5-9-42(45(34)32-66)54(68)61-57-58-46-10-3-4-12-49(46)74-57)8-6-11-48(33)73-39-29-35-27-38(28-36(35)30-39)72-26-25-64-21-23-65(24-22-64)37-13-14-43-47(31-37)63(2)62-52(43)44-16-18-51(67)60-55(44)69/h3-15,17,31,35-36,38-39,44H,16,18-30,32H2,1-2H3,(H,70,71)(H,58,61,68)(H,60,67,69). The van der Waals surface area contributed by atoms with Crippen molar-refractivity contribution >= 4 is 72.8 Å². The van der Waals surface area contributed by atoms with E-state index >= 15 is 0 Å². The molecule has 6 heterocycles. The molecule has 3 aromatic heterocycles. The number of piperazine rings is 1. The van der Waals surface area contributed by atoms with Gasteiger partial charge >= 0.3 is 5.97 Å². The molecule has 2 aliphatic carbocycles. The van der Waals surface area contributed by atoms with Gasteiger partial charge in [-0.05, 0) is 134 Å². The first kappa shape index (κ1) is 47.8. The smallest absolute Gasteiger partial charge is 0.355 e. The van der Waals surface area contributed by atoms with Crippen molar-refractivity contribution in [2.45, 2.75) is 76.5 Å². The summed E-state index contributed by atoms with van der Waals surface area (Å²) in [6.07, 6.45) is 5.86. The van der Waals surface area contributed by atoms with Gasteiger partial charge in [-0.25, -0.2) is 14.8 Å². The van der Waals surface area contributed by atoms with Crippen LogP contribution in [-0.4, -0.2) is 112 Å². The van der Waals surface area contributed by atoms with E-state index < -0.39 is 11.9 Å². The molecule has 380 valence electrons. The number of ether oxygens (including phenoxy) is 2. The molecule has 2 saturated carbocycles. The van der Waals surface area contributed by atoms with Crippen LogP contribution >= 0.6 is 11.3 Å². The summed E-state index contributed by atoms with van der Waals surface area (Å²) in [5, 5.41) is 22.3. The van der Waals surface area contributed by atoms with Gasteiger partial charge in [-0.15, -0.1) is 0 Å². The van der Waals surface area contributed by atoms with Crippen molar-refractivity contribution in [2.24, 2.45) is 18.9 Å². The molecule has 74 heavy (non-hydrogen) atoms.